The Morgan fingerprint density at radius 1 is 1.12 bits per heavy atom. The molecule has 26 heavy (non-hydrogen) atoms. The summed E-state index contributed by atoms with van der Waals surface area (Å²) in [6.07, 6.45) is 1.75. The van der Waals surface area contributed by atoms with Crippen molar-refractivity contribution in [2.45, 2.75) is 12.8 Å². The summed E-state index contributed by atoms with van der Waals surface area (Å²) < 4.78 is 13.0. The molecule has 0 radical (unpaired) electrons. The van der Waals surface area contributed by atoms with Crippen LogP contribution in [0.3, 0.4) is 0 Å². The molecule has 3 aromatic rings. The molecule has 0 saturated heterocycles. The second kappa shape index (κ2) is 7.78. The van der Waals surface area contributed by atoms with Gasteiger partial charge in [-0.05, 0) is 53.4 Å². The molecule has 132 valence electrons. The van der Waals surface area contributed by atoms with Crippen molar-refractivity contribution in [3.8, 4) is 11.1 Å². The first kappa shape index (κ1) is 17.6. The summed E-state index contributed by atoms with van der Waals surface area (Å²) in [6.45, 7) is 2.76. The van der Waals surface area contributed by atoms with Crippen LogP contribution >= 0.6 is 0 Å². The molecule has 0 fully saturated rings. The molecule has 0 aliphatic carbocycles. The summed E-state index contributed by atoms with van der Waals surface area (Å²) in [5.74, 6) is 0.303. The molecule has 0 spiro atoms. The Balaban J connectivity index is 1.65. The second-order valence-electron chi connectivity index (χ2n) is 6.21. The lowest BCUT2D eigenvalue weighted by Gasteiger charge is -2.14. The first-order valence-corrected chi connectivity index (χ1v) is 8.38. The van der Waals surface area contributed by atoms with Gasteiger partial charge in [0.25, 0.3) is 0 Å². The summed E-state index contributed by atoms with van der Waals surface area (Å²) in [5.41, 5.74) is 8.66. The monoisotopic (exact) mass is 349 g/mol. The Morgan fingerprint density at radius 2 is 1.88 bits per heavy atom. The summed E-state index contributed by atoms with van der Waals surface area (Å²) in [7, 11) is 0. The Kier molecular flexibility index (Phi) is 5.27. The van der Waals surface area contributed by atoms with Crippen molar-refractivity contribution in [2.75, 3.05) is 11.9 Å². The van der Waals surface area contributed by atoms with Gasteiger partial charge in [0.15, 0.2) is 0 Å². The minimum Gasteiger partial charge on any atom is -0.369 e. The van der Waals surface area contributed by atoms with Crippen LogP contribution in [-0.2, 0) is 0 Å². The lowest BCUT2D eigenvalue weighted by atomic mass is 10.0. The lowest BCUT2D eigenvalue weighted by molar-refractivity contribution is 0.100. The normalized spacial score (nSPS) is 11.8. The van der Waals surface area contributed by atoms with Gasteiger partial charge in [0, 0.05) is 23.9 Å². The van der Waals surface area contributed by atoms with Crippen LogP contribution in [0.4, 0.5) is 10.2 Å². The molecule has 2 aromatic carbocycles. The quantitative estimate of drug-likeness (QED) is 0.701. The fourth-order valence-electron chi connectivity index (χ4n) is 2.69. The molecule has 5 heteroatoms. The molecule has 0 aliphatic rings. The van der Waals surface area contributed by atoms with Crippen molar-refractivity contribution in [3.63, 3.8) is 0 Å². The van der Waals surface area contributed by atoms with Crippen LogP contribution in [0, 0.1) is 5.82 Å². The van der Waals surface area contributed by atoms with Gasteiger partial charge in [-0.3, -0.25) is 4.79 Å². The van der Waals surface area contributed by atoms with Gasteiger partial charge in [0.2, 0.25) is 5.91 Å². The van der Waals surface area contributed by atoms with E-state index in [9.17, 15) is 9.18 Å². The fraction of sp³-hybridized carbons (Fsp3) is 0.143. The third kappa shape index (κ3) is 4.25. The molecule has 3 rings (SSSR count). The van der Waals surface area contributed by atoms with Gasteiger partial charge in [-0.15, -0.1) is 0 Å². The number of amides is 1. The van der Waals surface area contributed by atoms with E-state index in [2.05, 4.69) is 17.2 Å². The standard InChI is InChI=1S/C21H20FN3O/c1-14(15-5-8-19(22)9-6-15)12-24-20-10-7-18(13-25-20)16-3-2-4-17(11-16)21(23)26/h2-11,13-14H,12H2,1H3,(H2,23,26)(H,24,25)/t14-/m1/s1. The number of carbonyl (C=O) groups excluding carboxylic acids is 1. The molecule has 1 aromatic heterocycles. The summed E-state index contributed by atoms with van der Waals surface area (Å²) in [5, 5.41) is 3.29. The zero-order chi connectivity index (χ0) is 18.5. The Bertz CT molecular complexity index is 892. The van der Waals surface area contributed by atoms with E-state index in [1.807, 2.05) is 18.2 Å². The van der Waals surface area contributed by atoms with Crippen molar-refractivity contribution < 1.29 is 9.18 Å². The van der Waals surface area contributed by atoms with Crippen LogP contribution in [0.5, 0.6) is 0 Å². The number of benzene rings is 2. The van der Waals surface area contributed by atoms with Gasteiger partial charge in [-0.25, -0.2) is 9.37 Å². The number of nitrogens with zero attached hydrogens (tertiary/aromatic N) is 1. The van der Waals surface area contributed by atoms with E-state index in [0.717, 1.165) is 22.5 Å². The predicted molar refractivity (Wildman–Crippen MR) is 101 cm³/mol. The van der Waals surface area contributed by atoms with Crippen LogP contribution in [0.15, 0.2) is 66.9 Å². The molecular formula is C21H20FN3O. The lowest BCUT2D eigenvalue weighted by Crippen LogP contribution is -2.11. The van der Waals surface area contributed by atoms with Crippen LogP contribution in [0.25, 0.3) is 11.1 Å². The highest BCUT2D eigenvalue weighted by Gasteiger charge is 2.07. The Labute approximate surface area is 151 Å². The number of carbonyl (C=O) groups is 1. The Hall–Kier alpha value is -3.21. The van der Waals surface area contributed by atoms with E-state index in [1.165, 1.54) is 12.1 Å². The van der Waals surface area contributed by atoms with Crippen molar-refractivity contribution in [3.05, 3.63) is 83.8 Å². The molecule has 0 unspecified atom stereocenters. The van der Waals surface area contributed by atoms with Gasteiger partial charge < -0.3 is 11.1 Å². The van der Waals surface area contributed by atoms with E-state index >= 15 is 0 Å². The number of halogens is 1. The number of nitrogens with one attached hydrogen (secondary N) is 1. The number of nitrogens with two attached hydrogens (primary N) is 1. The molecule has 0 bridgehead atoms. The molecule has 1 heterocycles. The maximum Gasteiger partial charge on any atom is 0.248 e. The topological polar surface area (TPSA) is 68.0 Å². The number of aromatic nitrogens is 1. The van der Waals surface area contributed by atoms with Crippen LogP contribution in [0.2, 0.25) is 0 Å². The molecule has 1 atom stereocenters. The predicted octanol–water partition coefficient (Wildman–Crippen LogP) is 4.20. The Morgan fingerprint density at radius 3 is 2.54 bits per heavy atom. The smallest absolute Gasteiger partial charge is 0.248 e. The maximum absolute atomic E-state index is 13.0. The minimum absolute atomic E-state index is 0.226. The summed E-state index contributed by atoms with van der Waals surface area (Å²) in [6, 6.07) is 17.5. The number of primary amides is 1. The minimum atomic E-state index is -0.451. The zero-order valence-electron chi connectivity index (χ0n) is 14.4. The number of anilines is 1. The maximum atomic E-state index is 13.0. The van der Waals surface area contributed by atoms with Gasteiger partial charge >= 0.3 is 0 Å². The first-order valence-electron chi connectivity index (χ1n) is 8.38. The summed E-state index contributed by atoms with van der Waals surface area (Å²) in [4.78, 5) is 15.7. The van der Waals surface area contributed by atoms with Crippen LogP contribution < -0.4 is 11.1 Å². The number of hydrogen-bond donors (Lipinski definition) is 2. The van der Waals surface area contributed by atoms with E-state index in [0.29, 0.717) is 12.1 Å². The van der Waals surface area contributed by atoms with Crippen molar-refractivity contribution in [2.24, 2.45) is 5.73 Å². The van der Waals surface area contributed by atoms with Crippen molar-refractivity contribution >= 4 is 11.7 Å². The SMILES string of the molecule is C[C@H](CNc1ccc(-c2cccc(C(N)=O)c2)cn1)c1ccc(F)cc1. The number of rotatable bonds is 6. The average molecular weight is 349 g/mol. The first-order chi connectivity index (χ1) is 12.5. The molecular weight excluding hydrogens is 329 g/mol. The highest BCUT2D eigenvalue weighted by Crippen LogP contribution is 2.21. The fourth-order valence-corrected chi connectivity index (χ4v) is 2.69. The van der Waals surface area contributed by atoms with E-state index in [4.69, 9.17) is 5.73 Å². The molecule has 1 amide bonds. The highest BCUT2D eigenvalue weighted by molar-refractivity contribution is 5.94. The third-order valence-electron chi connectivity index (χ3n) is 4.27. The van der Waals surface area contributed by atoms with Crippen molar-refractivity contribution in [1.82, 2.24) is 4.98 Å². The van der Waals surface area contributed by atoms with Gasteiger partial charge in [0.05, 0.1) is 0 Å². The van der Waals surface area contributed by atoms with E-state index in [1.54, 1.807) is 36.5 Å². The van der Waals surface area contributed by atoms with Gasteiger partial charge in [-0.1, -0.05) is 31.2 Å². The molecule has 3 N–H and O–H groups in total. The number of pyridine rings is 1. The number of hydrogen-bond acceptors (Lipinski definition) is 3. The second-order valence-corrected chi connectivity index (χ2v) is 6.21. The van der Waals surface area contributed by atoms with E-state index in [-0.39, 0.29) is 11.7 Å². The van der Waals surface area contributed by atoms with E-state index < -0.39 is 5.91 Å². The highest BCUT2D eigenvalue weighted by atomic mass is 19.1. The van der Waals surface area contributed by atoms with Gasteiger partial charge in [0.1, 0.15) is 11.6 Å². The molecule has 0 aliphatic heterocycles. The largest absolute Gasteiger partial charge is 0.369 e. The van der Waals surface area contributed by atoms with Gasteiger partial charge in [-0.2, -0.15) is 0 Å². The molecule has 4 nitrogen and oxygen atoms in total. The molecule has 0 saturated carbocycles. The summed E-state index contributed by atoms with van der Waals surface area (Å²) >= 11 is 0. The zero-order valence-corrected chi connectivity index (χ0v) is 14.4. The average Bonchev–Trinajstić information content (AvgIpc) is 2.67. The van der Waals surface area contributed by atoms with Crippen molar-refractivity contribution in [1.29, 1.82) is 0 Å². The van der Waals surface area contributed by atoms with Crippen LogP contribution in [0.1, 0.15) is 28.8 Å². The third-order valence-corrected chi connectivity index (χ3v) is 4.27. The van der Waals surface area contributed by atoms with Crippen LogP contribution in [-0.4, -0.2) is 17.4 Å².